The highest BCUT2D eigenvalue weighted by molar-refractivity contribution is 5.90. The van der Waals surface area contributed by atoms with E-state index in [1.54, 1.807) is 0 Å². The van der Waals surface area contributed by atoms with Crippen LogP contribution in [0.5, 0.6) is 11.5 Å². The van der Waals surface area contributed by atoms with E-state index in [0.717, 1.165) is 62.2 Å². The van der Waals surface area contributed by atoms with Crippen LogP contribution in [0.2, 0.25) is 0 Å². The van der Waals surface area contributed by atoms with Crippen molar-refractivity contribution >= 4 is 11.8 Å². The standard InChI is InChI=1S/C38H55NO5/c1-2-3-4-5-6-7-8-9-10-11-12-13-14-15-16-17-33(41)43-31-21-20-29-26-32-38(42)23-22-30(40)36-37(38,34(29)35(31)44-36)24-25-39(32)27-28-18-19-28/h9-10,20-21,28,32,36,42H,2-8,11-19,22-27H2,1H3/b10-9+/t32?,36-,37-,38+/m0/s1. The molecule has 1 saturated heterocycles. The van der Waals surface area contributed by atoms with Gasteiger partial charge in [-0.25, -0.2) is 0 Å². The number of hydrogen-bond donors (Lipinski definition) is 1. The van der Waals surface area contributed by atoms with Crippen molar-refractivity contribution in [3.05, 3.63) is 35.4 Å². The summed E-state index contributed by atoms with van der Waals surface area (Å²) in [4.78, 5) is 28.7. The molecule has 1 aromatic rings. The number of esters is 1. The van der Waals surface area contributed by atoms with Gasteiger partial charge in [-0.05, 0) is 88.3 Å². The molecule has 1 aromatic carbocycles. The summed E-state index contributed by atoms with van der Waals surface area (Å²) in [5.74, 6) is 1.52. The maximum Gasteiger partial charge on any atom is 0.311 e. The highest BCUT2D eigenvalue weighted by Gasteiger charge is 2.73. The topological polar surface area (TPSA) is 76.1 Å². The smallest absolute Gasteiger partial charge is 0.311 e. The van der Waals surface area contributed by atoms with Crippen molar-refractivity contribution in [2.75, 3.05) is 13.1 Å². The van der Waals surface area contributed by atoms with E-state index in [-0.39, 0.29) is 17.8 Å². The molecule has 1 spiro atoms. The van der Waals surface area contributed by atoms with E-state index in [2.05, 4.69) is 30.0 Å². The summed E-state index contributed by atoms with van der Waals surface area (Å²) in [5, 5.41) is 12.4. The molecule has 0 radical (unpaired) electrons. The molecule has 2 saturated carbocycles. The minimum Gasteiger partial charge on any atom is -0.477 e. The van der Waals surface area contributed by atoms with Crippen LogP contribution in [0, 0.1) is 5.92 Å². The molecule has 6 nitrogen and oxygen atoms in total. The van der Waals surface area contributed by atoms with Crippen molar-refractivity contribution in [3.8, 4) is 11.5 Å². The van der Waals surface area contributed by atoms with Crippen molar-refractivity contribution in [1.82, 2.24) is 4.90 Å². The van der Waals surface area contributed by atoms with Crippen LogP contribution >= 0.6 is 0 Å². The Balaban J connectivity index is 0.975. The Hall–Kier alpha value is -2.18. The van der Waals surface area contributed by atoms with Crippen LogP contribution in [-0.4, -0.2) is 52.6 Å². The summed E-state index contributed by atoms with van der Waals surface area (Å²) >= 11 is 0. The summed E-state index contributed by atoms with van der Waals surface area (Å²) in [5.41, 5.74) is 0.363. The molecule has 0 amide bonds. The summed E-state index contributed by atoms with van der Waals surface area (Å²) in [6, 6.07) is 3.92. The molecule has 242 valence electrons. The van der Waals surface area contributed by atoms with Gasteiger partial charge in [0.25, 0.3) is 0 Å². The Labute approximate surface area is 264 Å². The van der Waals surface area contributed by atoms with E-state index in [4.69, 9.17) is 9.47 Å². The third-order valence-corrected chi connectivity index (χ3v) is 11.4. The van der Waals surface area contributed by atoms with Crippen molar-refractivity contribution < 1.29 is 24.2 Å². The van der Waals surface area contributed by atoms with Gasteiger partial charge in [-0.15, -0.1) is 0 Å². The normalized spacial score (nSPS) is 28.7. The number of hydrogen-bond acceptors (Lipinski definition) is 6. The Morgan fingerprint density at radius 1 is 1.00 bits per heavy atom. The lowest BCUT2D eigenvalue weighted by Crippen LogP contribution is -2.76. The molecule has 6 rings (SSSR count). The summed E-state index contributed by atoms with van der Waals surface area (Å²) in [7, 11) is 0. The first-order valence-corrected chi connectivity index (χ1v) is 18.2. The lowest BCUT2D eigenvalue weighted by Gasteiger charge is -2.62. The molecular weight excluding hydrogens is 550 g/mol. The van der Waals surface area contributed by atoms with E-state index < -0.39 is 17.1 Å². The number of Topliss-reactive ketones (excluding diaryl/α,β-unsaturated/α-hetero) is 1. The van der Waals surface area contributed by atoms with Gasteiger partial charge in [-0.2, -0.15) is 0 Å². The van der Waals surface area contributed by atoms with Gasteiger partial charge in [0.1, 0.15) is 0 Å². The van der Waals surface area contributed by atoms with Crippen LogP contribution in [0.15, 0.2) is 24.3 Å². The van der Waals surface area contributed by atoms with Gasteiger partial charge in [0.2, 0.25) is 0 Å². The second-order valence-electron chi connectivity index (χ2n) is 14.5. The number of unbranched alkanes of at least 4 members (excludes halogenated alkanes) is 11. The fourth-order valence-corrected chi connectivity index (χ4v) is 8.85. The Bertz CT molecular complexity index is 1210. The Kier molecular flexibility index (Phi) is 10.2. The van der Waals surface area contributed by atoms with Gasteiger partial charge >= 0.3 is 5.97 Å². The lowest BCUT2D eigenvalue weighted by atomic mass is 9.49. The monoisotopic (exact) mass is 605 g/mol. The van der Waals surface area contributed by atoms with Gasteiger partial charge < -0.3 is 14.6 Å². The highest BCUT2D eigenvalue weighted by atomic mass is 16.6. The van der Waals surface area contributed by atoms with Crippen LogP contribution in [-0.2, 0) is 21.4 Å². The molecule has 4 atom stereocenters. The highest BCUT2D eigenvalue weighted by Crippen LogP contribution is 2.65. The molecule has 2 bridgehead atoms. The first-order chi connectivity index (χ1) is 21.5. The maximum absolute atomic E-state index is 13.3. The van der Waals surface area contributed by atoms with Gasteiger partial charge in [0, 0.05) is 31.0 Å². The molecule has 2 heterocycles. The quantitative estimate of drug-likeness (QED) is 0.0798. The molecule has 2 aliphatic heterocycles. The second-order valence-corrected chi connectivity index (χ2v) is 14.5. The van der Waals surface area contributed by atoms with Crippen molar-refractivity contribution in [1.29, 1.82) is 0 Å². The predicted octanol–water partition coefficient (Wildman–Crippen LogP) is 7.76. The van der Waals surface area contributed by atoms with Crippen LogP contribution in [0.1, 0.15) is 140 Å². The summed E-state index contributed by atoms with van der Waals surface area (Å²) in [6.07, 6.45) is 25.1. The molecule has 3 fully saturated rings. The zero-order valence-electron chi connectivity index (χ0n) is 27.1. The molecule has 1 unspecified atom stereocenters. The van der Waals surface area contributed by atoms with Gasteiger partial charge in [0.15, 0.2) is 23.4 Å². The zero-order valence-corrected chi connectivity index (χ0v) is 27.1. The molecule has 0 aromatic heterocycles. The van der Waals surface area contributed by atoms with Crippen molar-refractivity contribution in [2.45, 2.75) is 159 Å². The number of piperidine rings is 1. The number of nitrogens with zero attached hydrogens (tertiary/aromatic N) is 1. The van der Waals surface area contributed by atoms with Gasteiger partial charge in [-0.1, -0.05) is 76.5 Å². The number of likely N-dealkylation sites (tertiary alicyclic amines) is 1. The van der Waals surface area contributed by atoms with Crippen LogP contribution < -0.4 is 9.47 Å². The number of aliphatic hydroxyl groups is 1. The molecule has 5 aliphatic rings. The number of carbonyl (C=O) groups excluding carboxylic acids is 2. The summed E-state index contributed by atoms with van der Waals surface area (Å²) in [6.45, 7) is 4.17. The van der Waals surface area contributed by atoms with E-state index in [9.17, 15) is 14.7 Å². The molecular formula is C38H55NO5. The largest absolute Gasteiger partial charge is 0.477 e. The SMILES string of the molecule is CCCCCCCC/C=C/CCCCCCCC(=O)Oc1ccc2c3c1O[C@H]1C(=O)CC[C@@]4(O)C(C2)N(CC2CC2)CC[C@]314. The van der Waals surface area contributed by atoms with E-state index >= 15 is 0 Å². The zero-order chi connectivity index (χ0) is 30.6. The number of ether oxygens (including phenoxy) is 2. The first-order valence-electron chi connectivity index (χ1n) is 18.2. The number of rotatable bonds is 18. The minimum atomic E-state index is -0.997. The fourth-order valence-electron chi connectivity index (χ4n) is 8.85. The average Bonchev–Trinajstić information content (AvgIpc) is 3.76. The molecule has 3 aliphatic carbocycles. The van der Waals surface area contributed by atoms with Crippen molar-refractivity contribution in [3.63, 3.8) is 0 Å². The number of benzene rings is 1. The van der Waals surface area contributed by atoms with Gasteiger partial charge in [0.05, 0.1) is 11.0 Å². The van der Waals surface area contributed by atoms with Crippen LogP contribution in [0.25, 0.3) is 0 Å². The third kappa shape index (κ3) is 6.27. The lowest BCUT2D eigenvalue weighted by molar-refractivity contribution is -0.188. The number of ketones is 1. The van der Waals surface area contributed by atoms with E-state index in [0.29, 0.717) is 37.2 Å². The second kappa shape index (κ2) is 14.1. The predicted molar refractivity (Wildman–Crippen MR) is 173 cm³/mol. The molecule has 6 heteroatoms. The maximum atomic E-state index is 13.3. The Morgan fingerprint density at radius 3 is 2.43 bits per heavy atom. The third-order valence-electron chi connectivity index (χ3n) is 11.4. The average molecular weight is 606 g/mol. The minimum absolute atomic E-state index is 0.00373. The van der Waals surface area contributed by atoms with Crippen molar-refractivity contribution in [2.24, 2.45) is 5.92 Å². The number of carbonyl (C=O) groups is 2. The first kappa shape index (κ1) is 31.8. The fraction of sp³-hybridized carbons (Fsp3) is 0.737. The van der Waals surface area contributed by atoms with Gasteiger partial charge in [-0.3, -0.25) is 14.5 Å². The summed E-state index contributed by atoms with van der Waals surface area (Å²) < 4.78 is 12.3. The number of allylic oxidation sites excluding steroid dienone is 2. The van der Waals surface area contributed by atoms with E-state index in [1.165, 1.54) is 70.6 Å². The van der Waals surface area contributed by atoms with E-state index in [1.807, 2.05) is 6.07 Å². The Morgan fingerprint density at radius 2 is 1.70 bits per heavy atom. The molecule has 1 N–H and O–H groups in total. The van der Waals surface area contributed by atoms with Crippen LogP contribution in [0.4, 0.5) is 0 Å². The molecule has 44 heavy (non-hydrogen) atoms. The van der Waals surface area contributed by atoms with Crippen LogP contribution in [0.3, 0.4) is 0 Å².